The minimum absolute atomic E-state index is 0.0483. The summed E-state index contributed by atoms with van der Waals surface area (Å²) in [6, 6.07) is 7.15. The van der Waals surface area contributed by atoms with E-state index >= 15 is 0 Å². The number of nitrogens with one attached hydrogen (secondary N) is 2. The number of alkyl carbamates (subject to hydrolysis) is 1. The first-order chi connectivity index (χ1) is 9.76. The zero-order valence-electron chi connectivity index (χ0n) is 13.3. The quantitative estimate of drug-likeness (QED) is 0.706. The van der Waals surface area contributed by atoms with E-state index in [1.54, 1.807) is 12.1 Å². The third-order valence-electron chi connectivity index (χ3n) is 2.78. The maximum absolute atomic E-state index is 11.6. The number of ether oxygens (including phenoxy) is 1. The van der Waals surface area contributed by atoms with Gasteiger partial charge in [0.25, 0.3) is 0 Å². The van der Waals surface area contributed by atoms with Crippen LogP contribution in [0.1, 0.15) is 39.7 Å². The van der Waals surface area contributed by atoms with Gasteiger partial charge in [0, 0.05) is 12.6 Å². The van der Waals surface area contributed by atoms with E-state index < -0.39 is 5.60 Å². The van der Waals surface area contributed by atoms with Gasteiger partial charge in [-0.05, 0) is 58.4 Å². The van der Waals surface area contributed by atoms with Gasteiger partial charge >= 0.3 is 6.09 Å². The molecule has 5 nitrogen and oxygen atoms in total. The third kappa shape index (κ3) is 8.19. The molecular weight excluding hydrogens is 268 g/mol. The fraction of sp³-hybridized carbons (Fsp3) is 0.562. The zero-order valence-corrected chi connectivity index (χ0v) is 13.3. The van der Waals surface area contributed by atoms with Gasteiger partial charge in [-0.1, -0.05) is 12.1 Å². The van der Waals surface area contributed by atoms with Crippen LogP contribution in [0.2, 0.25) is 0 Å². The zero-order chi connectivity index (χ0) is 15.9. The standard InChI is InChI=1S/C16H26N2O3/c1-12(18-15(20)21-16(2,3)4)9-10-17-11-13-5-7-14(19)8-6-13/h5-8,12,17,19H,9-11H2,1-4H3,(H,18,20). The second kappa shape index (κ2) is 7.88. The van der Waals surface area contributed by atoms with Crippen LogP contribution in [0.5, 0.6) is 5.75 Å². The molecule has 0 heterocycles. The number of carbonyl (C=O) groups is 1. The first-order valence-corrected chi connectivity index (χ1v) is 7.24. The van der Waals surface area contributed by atoms with E-state index in [4.69, 9.17) is 4.74 Å². The van der Waals surface area contributed by atoms with Crippen molar-refractivity contribution < 1.29 is 14.6 Å². The number of phenolic OH excluding ortho intramolecular Hbond substituents is 1. The van der Waals surface area contributed by atoms with Gasteiger partial charge in [0.15, 0.2) is 0 Å². The molecule has 3 N–H and O–H groups in total. The molecule has 0 bridgehead atoms. The Hall–Kier alpha value is -1.75. The van der Waals surface area contributed by atoms with Crippen LogP contribution < -0.4 is 10.6 Å². The molecule has 0 aliphatic heterocycles. The Balaban J connectivity index is 2.17. The van der Waals surface area contributed by atoms with Gasteiger partial charge in [0.05, 0.1) is 0 Å². The summed E-state index contributed by atoms with van der Waals surface area (Å²) in [5.74, 6) is 0.272. The highest BCUT2D eigenvalue weighted by Crippen LogP contribution is 2.09. The maximum atomic E-state index is 11.6. The fourth-order valence-corrected chi connectivity index (χ4v) is 1.75. The predicted molar refractivity (Wildman–Crippen MR) is 83.3 cm³/mol. The highest BCUT2D eigenvalue weighted by Gasteiger charge is 2.17. The first kappa shape index (κ1) is 17.3. The number of amides is 1. The molecular formula is C16H26N2O3. The molecule has 1 aromatic rings. The van der Waals surface area contributed by atoms with Gasteiger partial charge in [0.2, 0.25) is 0 Å². The van der Waals surface area contributed by atoms with E-state index in [1.165, 1.54) is 0 Å². The van der Waals surface area contributed by atoms with Crippen molar-refractivity contribution in [2.45, 2.75) is 52.3 Å². The highest BCUT2D eigenvalue weighted by atomic mass is 16.6. The monoisotopic (exact) mass is 294 g/mol. The Labute approximate surface area is 126 Å². The van der Waals surface area contributed by atoms with Crippen LogP contribution >= 0.6 is 0 Å². The summed E-state index contributed by atoms with van der Waals surface area (Å²) in [6.07, 6.45) is 0.436. The second-order valence-electron chi connectivity index (χ2n) is 6.18. The molecule has 1 aromatic carbocycles. The van der Waals surface area contributed by atoms with Crippen molar-refractivity contribution in [3.8, 4) is 5.75 Å². The van der Waals surface area contributed by atoms with E-state index in [1.807, 2.05) is 39.8 Å². The predicted octanol–water partition coefficient (Wildman–Crippen LogP) is 2.79. The van der Waals surface area contributed by atoms with E-state index in [2.05, 4.69) is 10.6 Å². The van der Waals surface area contributed by atoms with Crippen molar-refractivity contribution in [1.29, 1.82) is 0 Å². The summed E-state index contributed by atoms with van der Waals surface area (Å²) in [7, 11) is 0. The van der Waals surface area contributed by atoms with Crippen LogP contribution in [-0.4, -0.2) is 29.4 Å². The molecule has 5 heteroatoms. The number of hydrogen-bond donors (Lipinski definition) is 3. The van der Waals surface area contributed by atoms with Gasteiger partial charge < -0.3 is 20.5 Å². The van der Waals surface area contributed by atoms with E-state index in [9.17, 15) is 9.90 Å². The topological polar surface area (TPSA) is 70.6 Å². The molecule has 1 unspecified atom stereocenters. The summed E-state index contributed by atoms with van der Waals surface area (Å²) in [5, 5.41) is 15.3. The van der Waals surface area contributed by atoms with Crippen molar-refractivity contribution in [2.75, 3.05) is 6.54 Å². The SMILES string of the molecule is CC(CCNCc1ccc(O)cc1)NC(=O)OC(C)(C)C. The maximum Gasteiger partial charge on any atom is 0.407 e. The Kier molecular flexibility index (Phi) is 6.49. The lowest BCUT2D eigenvalue weighted by Crippen LogP contribution is -2.38. The average molecular weight is 294 g/mol. The van der Waals surface area contributed by atoms with Gasteiger partial charge in [-0.2, -0.15) is 0 Å². The number of rotatable bonds is 6. The van der Waals surface area contributed by atoms with Crippen molar-refractivity contribution in [2.24, 2.45) is 0 Å². The Bertz CT molecular complexity index is 438. The van der Waals surface area contributed by atoms with Gasteiger partial charge in [-0.25, -0.2) is 4.79 Å². The van der Waals surface area contributed by atoms with Gasteiger partial charge in [-0.15, -0.1) is 0 Å². The number of hydrogen-bond acceptors (Lipinski definition) is 4. The average Bonchev–Trinajstić information content (AvgIpc) is 2.34. The van der Waals surface area contributed by atoms with Crippen LogP contribution in [-0.2, 0) is 11.3 Å². The second-order valence-corrected chi connectivity index (χ2v) is 6.18. The molecule has 0 saturated carbocycles. The van der Waals surface area contributed by atoms with E-state index in [0.717, 1.165) is 25.1 Å². The Morgan fingerprint density at radius 2 is 1.90 bits per heavy atom. The summed E-state index contributed by atoms with van der Waals surface area (Å²) in [4.78, 5) is 11.6. The molecule has 1 atom stereocenters. The van der Waals surface area contributed by atoms with Crippen molar-refractivity contribution >= 4 is 6.09 Å². The molecule has 0 saturated heterocycles. The molecule has 0 fully saturated rings. The molecule has 0 aliphatic rings. The molecule has 1 rings (SSSR count). The lowest BCUT2D eigenvalue weighted by molar-refractivity contribution is 0.0506. The van der Waals surface area contributed by atoms with Crippen LogP contribution in [0.15, 0.2) is 24.3 Å². The summed E-state index contributed by atoms with van der Waals surface area (Å²) < 4.78 is 5.20. The molecule has 1 amide bonds. The Morgan fingerprint density at radius 3 is 2.48 bits per heavy atom. The van der Waals surface area contributed by atoms with Crippen molar-refractivity contribution in [3.05, 3.63) is 29.8 Å². The van der Waals surface area contributed by atoms with Gasteiger partial charge in [0.1, 0.15) is 11.4 Å². The molecule has 118 valence electrons. The fourth-order valence-electron chi connectivity index (χ4n) is 1.75. The van der Waals surface area contributed by atoms with Crippen LogP contribution in [0.3, 0.4) is 0 Å². The van der Waals surface area contributed by atoms with Gasteiger partial charge in [-0.3, -0.25) is 0 Å². The number of benzene rings is 1. The van der Waals surface area contributed by atoms with E-state index in [0.29, 0.717) is 0 Å². The first-order valence-electron chi connectivity index (χ1n) is 7.24. The highest BCUT2D eigenvalue weighted by molar-refractivity contribution is 5.67. The number of phenols is 1. The lowest BCUT2D eigenvalue weighted by atomic mass is 10.2. The third-order valence-corrected chi connectivity index (χ3v) is 2.78. The smallest absolute Gasteiger partial charge is 0.407 e. The largest absolute Gasteiger partial charge is 0.508 e. The molecule has 0 spiro atoms. The van der Waals surface area contributed by atoms with Crippen LogP contribution in [0, 0.1) is 0 Å². The molecule has 0 aliphatic carbocycles. The molecule has 0 aromatic heterocycles. The summed E-state index contributed by atoms with van der Waals surface area (Å²) in [6.45, 7) is 9.01. The lowest BCUT2D eigenvalue weighted by Gasteiger charge is -2.22. The normalized spacial score (nSPS) is 12.8. The molecule has 0 radical (unpaired) electrons. The van der Waals surface area contributed by atoms with Crippen molar-refractivity contribution in [3.63, 3.8) is 0 Å². The molecule has 21 heavy (non-hydrogen) atoms. The van der Waals surface area contributed by atoms with Crippen LogP contribution in [0.4, 0.5) is 4.79 Å². The van der Waals surface area contributed by atoms with Crippen molar-refractivity contribution in [1.82, 2.24) is 10.6 Å². The van der Waals surface area contributed by atoms with Crippen LogP contribution in [0.25, 0.3) is 0 Å². The summed E-state index contributed by atoms with van der Waals surface area (Å²) in [5.41, 5.74) is 0.640. The minimum Gasteiger partial charge on any atom is -0.508 e. The number of aromatic hydroxyl groups is 1. The number of carbonyl (C=O) groups excluding carboxylic acids is 1. The Morgan fingerprint density at radius 1 is 1.29 bits per heavy atom. The summed E-state index contributed by atoms with van der Waals surface area (Å²) >= 11 is 0. The minimum atomic E-state index is -0.471. The van der Waals surface area contributed by atoms with E-state index in [-0.39, 0.29) is 17.9 Å².